The molecule has 0 spiro atoms. The zero-order chi connectivity index (χ0) is 31.1. The van der Waals surface area contributed by atoms with Crippen LogP contribution in [0.15, 0.2) is 180 Å². The Hall–Kier alpha value is -5.38. The number of halogens is 1. The highest BCUT2D eigenvalue weighted by Crippen LogP contribution is 2.38. The zero-order valence-electron chi connectivity index (χ0n) is 24.8. The first-order valence-electron chi connectivity index (χ1n) is 14.7. The number of fused-ring (bicyclic) bond motifs is 6. The Morgan fingerprint density at radius 3 is 1.96 bits per heavy atom. The fourth-order valence-electron chi connectivity index (χ4n) is 5.96. The topological polar surface area (TPSA) is 18.1 Å². The van der Waals surface area contributed by atoms with Crippen molar-refractivity contribution >= 4 is 65.4 Å². The van der Waals surface area contributed by atoms with Crippen molar-refractivity contribution in [2.45, 2.75) is 0 Å². The van der Waals surface area contributed by atoms with Gasteiger partial charge in [0.2, 0.25) is 0 Å². The molecule has 216 valence electrons. The van der Waals surface area contributed by atoms with Gasteiger partial charge in [0.15, 0.2) is 0 Å². The van der Waals surface area contributed by atoms with Crippen molar-refractivity contribution in [1.82, 2.24) is 4.57 Å². The lowest BCUT2D eigenvalue weighted by Gasteiger charge is -2.09. The smallest absolute Gasteiger partial charge is 0.143 e. The number of benzene rings is 5. The minimum Gasteiger partial charge on any atom is -0.455 e. The van der Waals surface area contributed by atoms with Gasteiger partial charge in [0.05, 0.1) is 11.0 Å². The Labute approximate surface area is 271 Å². The maximum atomic E-state index is 6.29. The normalized spacial score (nSPS) is 11.8. The third kappa shape index (κ3) is 5.22. The van der Waals surface area contributed by atoms with Crippen LogP contribution in [-0.4, -0.2) is 4.57 Å². The Bertz CT molecular complexity index is 2390. The van der Waals surface area contributed by atoms with E-state index in [0.29, 0.717) is 0 Å². The van der Waals surface area contributed by atoms with Crippen molar-refractivity contribution < 1.29 is 4.42 Å². The monoisotopic (exact) mass is 643 g/mol. The second kappa shape index (κ2) is 11.6. The van der Waals surface area contributed by atoms with Gasteiger partial charge >= 0.3 is 0 Å². The highest BCUT2D eigenvalue weighted by Gasteiger charge is 2.14. The lowest BCUT2D eigenvalue weighted by Crippen LogP contribution is -1.93. The van der Waals surface area contributed by atoms with Crippen LogP contribution in [0.4, 0.5) is 0 Å². The molecule has 0 saturated carbocycles. The number of hydrogen-bond donors (Lipinski definition) is 0. The van der Waals surface area contributed by atoms with E-state index in [9.17, 15) is 0 Å². The minimum atomic E-state index is 0.783. The van der Waals surface area contributed by atoms with Crippen LogP contribution in [0.25, 0.3) is 71.7 Å². The molecule has 0 saturated heterocycles. The summed E-state index contributed by atoms with van der Waals surface area (Å²) < 4.78 is 9.28. The molecule has 0 bridgehead atoms. The SMILES string of the molecule is C=C(Br)/C=C\C(=C)C(=C)/C=C\C(=C)n1c2ccccc2c2cc(-c3ccc(-c4cccc5c4oc4ccccc45)cc3)ccc21. The first-order chi connectivity index (χ1) is 21.9. The highest BCUT2D eigenvalue weighted by molar-refractivity contribution is 9.11. The quantitative estimate of drug-likeness (QED) is 0.151. The van der Waals surface area contributed by atoms with Gasteiger partial charge in [-0.1, -0.05) is 139 Å². The molecular weight excluding hydrogens is 614 g/mol. The first kappa shape index (κ1) is 28.4. The summed E-state index contributed by atoms with van der Waals surface area (Å²) in [5.74, 6) is 0. The average molecular weight is 645 g/mol. The second-order valence-corrected chi connectivity index (χ2v) is 12.1. The van der Waals surface area contributed by atoms with E-state index in [4.69, 9.17) is 4.42 Å². The predicted octanol–water partition coefficient (Wildman–Crippen LogP) is 12.6. The Kier molecular flexibility index (Phi) is 7.32. The van der Waals surface area contributed by atoms with Crippen LogP contribution < -0.4 is 0 Å². The third-order valence-electron chi connectivity index (χ3n) is 8.25. The molecule has 0 fully saturated rings. The van der Waals surface area contributed by atoms with Gasteiger partial charge in [-0.3, -0.25) is 0 Å². The number of aromatic nitrogens is 1. The van der Waals surface area contributed by atoms with E-state index < -0.39 is 0 Å². The van der Waals surface area contributed by atoms with Crippen molar-refractivity contribution in [3.63, 3.8) is 0 Å². The van der Waals surface area contributed by atoms with Gasteiger partial charge in [0.25, 0.3) is 0 Å². The molecule has 0 atom stereocenters. The Morgan fingerprint density at radius 1 is 0.556 bits per heavy atom. The van der Waals surface area contributed by atoms with Gasteiger partial charge < -0.3 is 8.98 Å². The van der Waals surface area contributed by atoms with Gasteiger partial charge in [-0.2, -0.15) is 0 Å². The van der Waals surface area contributed by atoms with Crippen LogP contribution in [-0.2, 0) is 0 Å². The fourth-order valence-corrected chi connectivity index (χ4v) is 6.09. The molecule has 0 amide bonds. The summed E-state index contributed by atoms with van der Waals surface area (Å²) in [6.45, 7) is 16.5. The molecule has 45 heavy (non-hydrogen) atoms. The van der Waals surface area contributed by atoms with E-state index in [1.165, 1.54) is 10.8 Å². The number of hydrogen-bond acceptors (Lipinski definition) is 1. The van der Waals surface area contributed by atoms with Crippen molar-refractivity contribution in [3.05, 3.63) is 175 Å². The summed E-state index contributed by atoms with van der Waals surface area (Å²) in [4.78, 5) is 0. The fraction of sp³-hybridized carbons (Fsp3) is 0. The highest BCUT2D eigenvalue weighted by atomic mass is 79.9. The lowest BCUT2D eigenvalue weighted by molar-refractivity contribution is 0.670. The maximum Gasteiger partial charge on any atom is 0.143 e. The molecule has 0 radical (unpaired) electrons. The predicted molar refractivity (Wildman–Crippen MR) is 198 cm³/mol. The minimum absolute atomic E-state index is 0.783. The summed E-state index contributed by atoms with van der Waals surface area (Å²) in [5, 5.41) is 4.63. The van der Waals surface area contributed by atoms with Crippen LogP contribution in [0.1, 0.15) is 0 Å². The van der Waals surface area contributed by atoms with E-state index in [2.05, 4.69) is 144 Å². The van der Waals surface area contributed by atoms with E-state index in [1.807, 2.05) is 36.4 Å². The molecule has 5 aromatic carbocycles. The van der Waals surface area contributed by atoms with Gasteiger partial charge in [0.1, 0.15) is 11.2 Å². The van der Waals surface area contributed by atoms with Crippen LogP contribution in [0.2, 0.25) is 0 Å². The van der Waals surface area contributed by atoms with Gasteiger partial charge in [0, 0.05) is 37.3 Å². The van der Waals surface area contributed by atoms with Crippen molar-refractivity contribution in [2.75, 3.05) is 0 Å². The molecule has 3 heteroatoms. The molecule has 2 nitrogen and oxygen atoms in total. The molecule has 0 N–H and O–H groups in total. The summed E-state index contributed by atoms with van der Waals surface area (Å²) in [6.07, 6.45) is 7.69. The number of rotatable bonds is 8. The number of allylic oxidation sites excluding steroid dienone is 8. The Balaban J connectivity index is 1.23. The first-order valence-corrected chi connectivity index (χ1v) is 15.5. The van der Waals surface area contributed by atoms with E-state index in [0.717, 1.165) is 76.6 Å². The molecular formula is C42H30BrNO. The number of nitrogens with zero attached hydrogens (tertiary/aromatic N) is 1. The van der Waals surface area contributed by atoms with Gasteiger partial charge in [-0.25, -0.2) is 0 Å². The van der Waals surface area contributed by atoms with Crippen LogP contribution in [0.5, 0.6) is 0 Å². The summed E-state index contributed by atoms with van der Waals surface area (Å²) in [7, 11) is 0. The summed E-state index contributed by atoms with van der Waals surface area (Å²) in [6, 6.07) is 38.4. The molecule has 2 heterocycles. The standard InChI is InChI=1S/C42H30BrNO/c1-27(16-18-29(3)43)28(2)17-19-30(4)44-39-14-7-5-10-35(39)38-26-33(24-25-40(38)44)31-20-22-32(23-21-31)34-12-9-13-37-36-11-6-8-15-41(36)45-42(34)37/h5-26H,1-4H2/b18-16-,19-17-. The maximum absolute atomic E-state index is 6.29. The van der Waals surface area contributed by atoms with Gasteiger partial charge in [-0.05, 0) is 64.3 Å². The zero-order valence-corrected chi connectivity index (χ0v) is 26.3. The van der Waals surface area contributed by atoms with E-state index >= 15 is 0 Å². The number of furan rings is 1. The number of para-hydroxylation sites is 3. The van der Waals surface area contributed by atoms with Crippen molar-refractivity contribution in [3.8, 4) is 22.3 Å². The largest absolute Gasteiger partial charge is 0.455 e. The summed E-state index contributed by atoms with van der Waals surface area (Å²) >= 11 is 3.34. The molecule has 7 aromatic rings. The third-order valence-corrected chi connectivity index (χ3v) is 8.51. The lowest BCUT2D eigenvalue weighted by atomic mass is 9.98. The van der Waals surface area contributed by atoms with E-state index in [-0.39, 0.29) is 0 Å². The summed E-state index contributed by atoms with van der Waals surface area (Å²) in [5.41, 5.74) is 11.0. The molecule has 0 aliphatic rings. The van der Waals surface area contributed by atoms with Gasteiger partial charge in [-0.15, -0.1) is 0 Å². The van der Waals surface area contributed by atoms with Crippen LogP contribution in [0.3, 0.4) is 0 Å². The van der Waals surface area contributed by atoms with Crippen LogP contribution in [0, 0.1) is 0 Å². The molecule has 0 unspecified atom stereocenters. The molecule has 0 aliphatic heterocycles. The van der Waals surface area contributed by atoms with E-state index in [1.54, 1.807) is 0 Å². The van der Waals surface area contributed by atoms with Crippen molar-refractivity contribution in [1.29, 1.82) is 0 Å². The average Bonchev–Trinajstić information content (AvgIpc) is 3.61. The van der Waals surface area contributed by atoms with Crippen LogP contribution >= 0.6 is 15.9 Å². The van der Waals surface area contributed by atoms with Crippen molar-refractivity contribution in [2.24, 2.45) is 0 Å². The second-order valence-electron chi connectivity index (χ2n) is 11.1. The Morgan fingerprint density at radius 2 is 1.18 bits per heavy atom. The molecule has 0 aliphatic carbocycles. The molecule has 2 aromatic heterocycles. The molecule has 7 rings (SSSR count).